The maximum Gasteiger partial charge on any atom is 0.251 e. The molecule has 1 aromatic heterocycles. The number of para-hydroxylation sites is 1. The van der Waals surface area contributed by atoms with Crippen molar-refractivity contribution in [2.24, 2.45) is 0 Å². The van der Waals surface area contributed by atoms with Gasteiger partial charge in [-0.05, 0) is 54.4 Å². The second-order valence-electron chi connectivity index (χ2n) is 8.51. The van der Waals surface area contributed by atoms with Crippen LogP contribution in [0.25, 0.3) is 10.9 Å². The first kappa shape index (κ1) is 19.3. The summed E-state index contributed by atoms with van der Waals surface area (Å²) in [5, 5.41) is 2.45. The van der Waals surface area contributed by atoms with Gasteiger partial charge in [-0.25, -0.2) is 0 Å². The molecule has 2 fully saturated rings. The molecule has 31 heavy (non-hydrogen) atoms. The van der Waals surface area contributed by atoms with E-state index in [-0.39, 0.29) is 24.1 Å². The lowest BCUT2D eigenvalue weighted by molar-refractivity contribution is -0.129. The monoisotopic (exact) mass is 451 g/mol. The number of benzene rings is 2. The highest BCUT2D eigenvalue weighted by atomic mass is 35.5. The van der Waals surface area contributed by atoms with Crippen molar-refractivity contribution in [1.29, 1.82) is 0 Å². The van der Waals surface area contributed by atoms with E-state index < -0.39 is 0 Å². The van der Waals surface area contributed by atoms with Crippen molar-refractivity contribution in [1.82, 2.24) is 14.8 Å². The Hall–Kier alpha value is -2.41. The molecule has 4 heterocycles. The Labute approximate surface area is 190 Å². The van der Waals surface area contributed by atoms with Gasteiger partial charge in [0.1, 0.15) is 6.04 Å². The standard InChI is InChI=1S/C24H22ClN3O2S/c25-15-9-7-14(8-10-15)22-21-18(17-5-1-2-6-19(17)26-21)12-20-23(29)27(24(31)28(20)22)13-16-4-3-11-30-16/h1-2,5-10,16,20,22,26H,3-4,11-13H2/t16-,20+,22-/m1/s1. The molecule has 5 nitrogen and oxygen atoms in total. The SMILES string of the molecule is O=C1[C@@H]2Cc3c([nH]c4ccccc34)[C@@H](c3ccc(Cl)cc3)N2C(=S)N1C[C@H]1CCCO1. The molecule has 3 aromatic rings. The lowest BCUT2D eigenvalue weighted by atomic mass is 9.89. The van der Waals surface area contributed by atoms with Crippen LogP contribution >= 0.6 is 23.8 Å². The number of H-pyrrole nitrogens is 1. The summed E-state index contributed by atoms with van der Waals surface area (Å²) in [6.07, 6.45) is 2.72. The second kappa shape index (κ2) is 7.33. The van der Waals surface area contributed by atoms with Gasteiger partial charge in [-0.1, -0.05) is 41.9 Å². The Bertz CT molecular complexity index is 1190. The van der Waals surface area contributed by atoms with Gasteiger partial charge in [0.2, 0.25) is 0 Å². The molecule has 3 atom stereocenters. The maximum atomic E-state index is 13.5. The summed E-state index contributed by atoms with van der Waals surface area (Å²) in [5.41, 5.74) is 4.46. The molecule has 6 rings (SSSR count). The number of ether oxygens (including phenoxy) is 1. The molecule has 158 valence electrons. The Balaban J connectivity index is 1.47. The van der Waals surface area contributed by atoms with Gasteiger partial charge in [-0.15, -0.1) is 0 Å². The zero-order valence-electron chi connectivity index (χ0n) is 16.9. The lowest BCUT2D eigenvalue weighted by Crippen LogP contribution is -2.44. The smallest absolute Gasteiger partial charge is 0.251 e. The maximum absolute atomic E-state index is 13.5. The molecular weight excluding hydrogens is 430 g/mol. The normalized spacial score (nSPS) is 25.4. The molecule has 2 aromatic carbocycles. The highest BCUT2D eigenvalue weighted by Gasteiger charge is 2.50. The van der Waals surface area contributed by atoms with Crippen molar-refractivity contribution < 1.29 is 9.53 Å². The number of nitrogens with zero attached hydrogens (tertiary/aromatic N) is 2. The van der Waals surface area contributed by atoms with Gasteiger partial charge in [-0.2, -0.15) is 0 Å². The topological polar surface area (TPSA) is 48.6 Å². The summed E-state index contributed by atoms with van der Waals surface area (Å²) in [5.74, 6) is 0.0791. The van der Waals surface area contributed by atoms with Crippen LogP contribution in [0, 0.1) is 0 Å². The predicted octanol–water partition coefficient (Wildman–Crippen LogP) is 4.44. The minimum atomic E-state index is -0.304. The van der Waals surface area contributed by atoms with Gasteiger partial charge in [0.05, 0.1) is 18.7 Å². The third-order valence-electron chi connectivity index (χ3n) is 6.73. The zero-order chi connectivity index (χ0) is 21.1. The molecule has 0 spiro atoms. The molecule has 7 heteroatoms. The van der Waals surface area contributed by atoms with E-state index in [1.807, 2.05) is 36.4 Å². The van der Waals surface area contributed by atoms with Crippen molar-refractivity contribution >= 4 is 45.7 Å². The minimum Gasteiger partial charge on any atom is -0.376 e. The number of carbonyl (C=O) groups excluding carboxylic acids is 1. The van der Waals surface area contributed by atoms with Gasteiger partial charge in [-0.3, -0.25) is 9.69 Å². The quantitative estimate of drug-likeness (QED) is 0.598. The van der Waals surface area contributed by atoms with Crippen LogP contribution in [0.2, 0.25) is 5.02 Å². The van der Waals surface area contributed by atoms with Crippen molar-refractivity contribution in [2.75, 3.05) is 13.2 Å². The number of hydrogen-bond donors (Lipinski definition) is 1. The Morgan fingerprint density at radius 1 is 1.16 bits per heavy atom. The number of nitrogens with one attached hydrogen (secondary N) is 1. The van der Waals surface area contributed by atoms with Crippen LogP contribution in [0.5, 0.6) is 0 Å². The highest BCUT2D eigenvalue weighted by Crippen LogP contribution is 2.44. The van der Waals surface area contributed by atoms with E-state index in [2.05, 4.69) is 22.0 Å². The number of hydrogen-bond acceptors (Lipinski definition) is 3. The van der Waals surface area contributed by atoms with Crippen LogP contribution in [0.1, 0.15) is 35.7 Å². The van der Waals surface area contributed by atoms with Gasteiger partial charge in [0, 0.05) is 34.6 Å². The third kappa shape index (κ3) is 3.00. The number of carbonyl (C=O) groups is 1. The summed E-state index contributed by atoms with van der Waals surface area (Å²) in [6, 6.07) is 15.7. The van der Waals surface area contributed by atoms with Gasteiger partial charge in [0.15, 0.2) is 5.11 Å². The molecule has 3 aliphatic rings. The Kier molecular flexibility index (Phi) is 4.56. The summed E-state index contributed by atoms with van der Waals surface area (Å²) in [7, 11) is 0. The predicted molar refractivity (Wildman–Crippen MR) is 124 cm³/mol. The number of halogens is 1. The van der Waals surface area contributed by atoms with Crippen LogP contribution in [0.4, 0.5) is 0 Å². The first-order chi connectivity index (χ1) is 15.1. The summed E-state index contributed by atoms with van der Waals surface area (Å²) in [6.45, 7) is 1.29. The molecule has 2 saturated heterocycles. The van der Waals surface area contributed by atoms with Gasteiger partial charge in [0.25, 0.3) is 5.91 Å². The van der Waals surface area contributed by atoms with Crippen LogP contribution < -0.4 is 0 Å². The van der Waals surface area contributed by atoms with E-state index in [4.69, 9.17) is 28.6 Å². The Morgan fingerprint density at radius 2 is 1.97 bits per heavy atom. The van der Waals surface area contributed by atoms with E-state index in [1.54, 1.807) is 4.90 Å². The van der Waals surface area contributed by atoms with E-state index in [1.165, 1.54) is 10.9 Å². The molecule has 0 radical (unpaired) electrons. The van der Waals surface area contributed by atoms with Crippen LogP contribution in [0.15, 0.2) is 48.5 Å². The zero-order valence-corrected chi connectivity index (χ0v) is 18.5. The second-order valence-corrected chi connectivity index (χ2v) is 9.31. The summed E-state index contributed by atoms with van der Waals surface area (Å²) >= 11 is 12.1. The van der Waals surface area contributed by atoms with Crippen molar-refractivity contribution in [3.8, 4) is 0 Å². The summed E-state index contributed by atoms with van der Waals surface area (Å²) < 4.78 is 5.80. The number of thiocarbonyl (C=S) groups is 1. The van der Waals surface area contributed by atoms with Gasteiger partial charge >= 0.3 is 0 Å². The molecule has 0 saturated carbocycles. The molecule has 0 unspecified atom stereocenters. The number of aromatic nitrogens is 1. The number of fused-ring (bicyclic) bond motifs is 4. The molecule has 0 aliphatic carbocycles. The van der Waals surface area contributed by atoms with Crippen molar-refractivity contribution in [2.45, 2.75) is 37.5 Å². The third-order valence-corrected chi connectivity index (χ3v) is 7.41. The number of aromatic amines is 1. The van der Waals surface area contributed by atoms with Crippen LogP contribution in [-0.2, 0) is 16.0 Å². The number of amides is 1. The molecular formula is C24H22ClN3O2S. The lowest BCUT2D eigenvalue weighted by Gasteiger charge is -2.37. The fourth-order valence-electron chi connectivity index (χ4n) is 5.28. The molecule has 3 aliphatic heterocycles. The van der Waals surface area contributed by atoms with Crippen molar-refractivity contribution in [3.05, 3.63) is 70.4 Å². The highest BCUT2D eigenvalue weighted by molar-refractivity contribution is 7.80. The molecule has 0 bridgehead atoms. The van der Waals surface area contributed by atoms with Gasteiger partial charge < -0.3 is 14.6 Å². The fraction of sp³-hybridized carbons (Fsp3) is 0.333. The number of rotatable bonds is 3. The Morgan fingerprint density at radius 3 is 2.74 bits per heavy atom. The van der Waals surface area contributed by atoms with E-state index >= 15 is 0 Å². The minimum absolute atomic E-state index is 0.0656. The average Bonchev–Trinajstić information content (AvgIpc) is 3.48. The average molecular weight is 452 g/mol. The first-order valence-electron chi connectivity index (χ1n) is 10.7. The molecule has 1 amide bonds. The van der Waals surface area contributed by atoms with E-state index in [0.717, 1.165) is 36.2 Å². The van der Waals surface area contributed by atoms with Crippen molar-refractivity contribution in [3.63, 3.8) is 0 Å². The van der Waals surface area contributed by atoms with E-state index in [9.17, 15) is 4.79 Å². The molecule has 1 N–H and O–H groups in total. The van der Waals surface area contributed by atoms with Crippen LogP contribution in [0.3, 0.4) is 0 Å². The largest absolute Gasteiger partial charge is 0.376 e. The summed E-state index contributed by atoms with van der Waals surface area (Å²) in [4.78, 5) is 21.1. The van der Waals surface area contributed by atoms with Crippen LogP contribution in [-0.4, -0.2) is 51.1 Å². The fourth-order valence-corrected chi connectivity index (χ4v) is 5.80. The first-order valence-corrected chi connectivity index (χ1v) is 11.5. The van der Waals surface area contributed by atoms with E-state index in [0.29, 0.717) is 23.1 Å².